The molecule has 0 aromatic rings. The number of rotatable bonds is 3. The molecule has 1 aliphatic heterocycles. The molecule has 15 heavy (non-hydrogen) atoms. The molecule has 1 fully saturated rings. The van der Waals surface area contributed by atoms with E-state index in [1.165, 1.54) is 19.4 Å². The minimum absolute atomic E-state index is 0.326. The van der Waals surface area contributed by atoms with Crippen molar-refractivity contribution in [1.82, 2.24) is 4.90 Å². The Labute approximate surface area is 95.0 Å². The van der Waals surface area contributed by atoms with Crippen LogP contribution in [0.3, 0.4) is 0 Å². The van der Waals surface area contributed by atoms with Gasteiger partial charge in [-0.25, -0.2) is 0 Å². The highest BCUT2D eigenvalue weighted by atomic mass is 16.5. The van der Waals surface area contributed by atoms with Crippen LogP contribution in [-0.2, 0) is 4.74 Å². The molecule has 90 valence electrons. The van der Waals surface area contributed by atoms with E-state index in [9.17, 15) is 0 Å². The number of likely N-dealkylation sites (N-methyl/N-ethyl adjacent to an activating group) is 1. The summed E-state index contributed by atoms with van der Waals surface area (Å²) in [6, 6.07) is 0. The van der Waals surface area contributed by atoms with Gasteiger partial charge in [-0.2, -0.15) is 0 Å². The molecule has 2 heteroatoms. The Hall–Kier alpha value is -0.0800. The third-order valence-corrected chi connectivity index (χ3v) is 4.56. The lowest BCUT2D eigenvalue weighted by molar-refractivity contribution is -0.0265. The highest BCUT2D eigenvalue weighted by Gasteiger charge is 2.44. The average molecular weight is 213 g/mol. The normalized spacial score (nSPS) is 30.2. The molecule has 0 unspecified atom stereocenters. The Morgan fingerprint density at radius 1 is 1.33 bits per heavy atom. The van der Waals surface area contributed by atoms with Gasteiger partial charge >= 0.3 is 0 Å². The lowest BCUT2D eigenvalue weighted by Crippen LogP contribution is -2.47. The molecular weight excluding hydrogens is 186 g/mol. The number of ether oxygens (including phenoxy) is 1. The fourth-order valence-corrected chi connectivity index (χ4v) is 2.61. The molecule has 0 aromatic carbocycles. The topological polar surface area (TPSA) is 12.5 Å². The van der Waals surface area contributed by atoms with Gasteiger partial charge in [0.1, 0.15) is 0 Å². The van der Waals surface area contributed by atoms with Crippen molar-refractivity contribution in [3.8, 4) is 0 Å². The summed E-state index contributed by atoms with van der Waals surface area (Å²) < 4.78 is 5.82. The van der Waals surface area contributed by atoms with E-state index < -0.39 is 0 Å². The largest absolute Gasteiger partial charge is 0.379 e. The van der Waals surface area contributed by atoms with Crippen LogP contribution in [-0.4, -0.2) is 38.3 Å². The minimum Gasteiger partial charge on any atom is -0.379 e. The summed E-state index contributed by atoms with van der Waals surface area (Å²) in [7, 11) is 2.21. The summed E-state index contributed by atoms with van der Waals surface area (Å²) in [5.74, 6) is 0. The predicted molar refractivity (Wildman–Crippen MR) is 65.1 cm³/mol. The van der Waals surface area contributed by atoms with Crippen molar-refractivity contribution in [2.24, 2.45) is 10.8 Å². The summed E-state index contributed by atoms with van der Waals surface area (Å²) >= 11 is 0. The van der Waals surface area contributed by atoms with Crippen molar-refractivity contribution < 1.29 is 4.74 Å². The SMILES string of the molecule is CCC(C)(C)[C@]1(CC)COCCN(C)C1. The van der Waals surface area contributed by atoms with Crippen molar-refractivity contribution in [1.29, 1.82) is 0 Å². The van der Waals surface area contributed by atoms with Crippen LogP contribution in [0.25, 0.3) is 0 Å². The second-order valence-corrected chi connectivity index (χ2v) is 5.66. The Morgan fingerprint density at radius 3 is 2.53 bits per heavy atom. The monoisotopic (exact) mass is 213 g/mol. The zero-order valence-electron chi connectivity index (χ0n) is 11.1. The molecule has 1 aliphatic rings. The van der Waals surface area contributed by atoms with Gasteiger partial charge < -0.3 is 9.64 Å². The van der Waals surface area contributed by atoms with Gasteiger partial charge in [-0.05, 0) is 18.9 Å². The highest BCUT2D eigenvalue weighted by molar-refractivity contribution is 4.94. The van der Waals surface area contributed by atoms with Crippen molar-refractivity contribution in [3.05, 3.63) is 0 Å². The quantitative estimate of drug-likeness (QED) is 0.715. The average Bonchev–Trinajstić information content (AvgIpc) is 2.41. The first-order valence-electron chi connectivity index (χ1n) is 6.24. The van der Waals surface area contributed by atoms with Crippen LogP contribution in [0.2, 0.25) is 0 Å². The second-order valence-electron chi connectivity index (χ2n) is 5.66. The third kappa shape index (κ3) is 2.54. The highest BCUT2D eigenvalue weighted by Crippen LogP contribution is 2.45. The Kier molecular flexibility index (Phi) is 4.19. The van der Waals surface area contributed by atoms with Crippen LogP contribution in [0.15, 0.2) is 0 Å². The molecule has 0 radical (unpaired) electrons. The maximum absolute atomic E-state index is 5.82. The fraction of sp³-hybridized carbons (Fsp3) is 1.00. The summed E-state index contributed by atoms with van der Waals surface area (Å²) in [5.41, 5.74) is 0.688. The van der Waals surface area contributed by atoms with Gasteiger partial charge in [0.25, 0.3) is 0 Å². The summed E-state index contributed by atoms with van der Waals surface area (Å²) in [5, 5.41) is 0. The second kappa shape index (κ2) is 4.84. The van der Waals surface area contributed by atoms with E-state index >= 15 is 0 Å². The number of hydrogen-bond donors (Lipinski definition) is 0. The van der Waals surface area contributed by atoms with Crippen molar-refractivity contribution in [3.63, 3.8) is 0 Å². The molecule has 0 aromatic heterocycles. The first kappa shape index (κ1) is 13.0. The fourth-order valence-electron chi connectivity index (χ4n) is 2.61. The lowest BCUT2D eigenvalue weighted by atomic mass is 9.62. The lowest BCUT2D eigenvalue weighted by Gasteiger charge is -2.46. The van der Waals surface area contributed by atoms with Crippen LogP contribution in [0.1, 0.15) is 40.5 Å². The van der Waals surface area contributed by atoms with Gasteiger partial charge in [0, 0.05) is 18.5 Å². The molecule has 0 spiro atoms. The molecule has 0 aliphatic carbocycles. The van der Waals surface area contributed by atoms with Crippen LogP contribution in [0, 0.1) is 10.8 Å². The summed E-state index contributed by atoms with van der Waals surface area (Å²) in [4.78, 5) is 2.42. The molecule has 0 bridgehead atoms. The first-order chi connectivity index (χ1) is 6.97. The zero-order valence-corrected chi connectivity index (χ0v) is 11.1. The number of nitrogens with zero attached hydrogens (tertiary/aromatic N) is 1. The van der Waals surface area contributed by atoms with Gasteiger partial charge in [-0.15, -0.1) is 0 Å². The van der Waals surface area contributed by atoms with E-state index in [4.69, 9.17) is 4.74 Å². The van der Waals surface area contributed by atoms with Gasteiger partial charge in [-0.1, -0.05) is 34.1 Å². The van der Waals surface area contributed by atoms with E-state index in [0.29, 0.717) is 10.8 Å². The molecule has 0 amide bonds. The van der Waals surface area contributed by atoms with E-state index in [0.717, 1.165) is 19.8 Å². The van der Waals surface area contributed by atoms with E-state index in [2.05, 4.69) is 39.6 Å². The van der Waals surface area contributed by atoms with Crippen LogP contribution in [0.5, 0.6) is 0 Å². The summed E-state index contributed by atoms with van der Waals surface area (Å²) in [6.07, 6.45) is 2.43. The minimum atomic E-state index is 0.326. The standard InChI is InChI=1S/C13H27NO/c1-6-12(3,4)13(7-2)10-14(5)8-9-15-11-13/h6-11H2,1-5H3/t13-/m0/s1. The van der Waals surface area contributed by atoms with Gasteiger partial charge in [-0.3, -0.25) is 0 Å². The van der Waals surface area contributed by atoms with Crippen LogP contribution in [0.4, 0.5) is 0 Å². The van der Waals surface area contributed by atoms with E-state index in [1.54, 1.807) is 0 Å². The zero-order chi connectivity index (χ0) is 11.5. The van der Waals surface area contributed by atoms with Crippen molar-refractivity contribution in [2.45, 2.75) is 40.5 Å². The van der Waals surface area contributed by atoms with E-state index in [-0.39, 0.29) is 0 Å². The molecule has 0 N–H and O–H groups in total. The van der Waals surface area contributed by atoms with Crippen molar-refractivity contribution in [2.75, 3.05) is 33.4 Å². The Morgan fingerprint density at radius 2 is 2.00 bits per heavy atom. The van der Waals surface area contributed by atoms with Crippen LogP contribution >= 0.6 is 0 Å². The number of hydrogen-bond acceptors (Lipinski definition) is 2. The van der Waals surface area contributed by atoms with Crippen molar-refractivity contribution >= 4 is 0 Å². The van der Waals surface area contributed by atoms with Gasteiger partial charge in [0.05, 0.1) is 13.2 Å². The Bertz CT molecular complexity index is 203. The smallest absolute Gasteiger partial charge is 0.0593 e. The molecule has 1 rings (SSSR count). The summed E-state index contributed by atoms with van der Waals surface area (Å²) in [6.45, 7) is 13.4. The van der Waals surface area contributed by atoms with Crippen LogP contribution < -0.4 is 0 Å². The maximum atomic E-state index is 5.82. The van der Waals surface area contributed by atoms with Gasteiger partial charge in [0.15, 0.2) is 0 Å². The first-order valence-corrected chi connectivity index (χ1v) is 6.24. The molecule has 2 nitrogen and oxygen atoms in total. The molecule has 1 saturated heterocycles. The molecule has 1 heterocycles. The molecule has 1 atom stereocenters. The molecular formula is C13H27NO. The molecule has 0 saturated carbocycles. The van der Waals surface area contributed by atoms with Gasteiger partial charge in [0.2, 0.25) is 0 Å². The van der Waals surface area contributed by atoms with E-state index in [1.807, 2.05) is 0 Å². The maximum Gasteiger partial charge on any atom is 0.0593 e. The Balaban J connectivity index is 2.90. The predicted octanol–water partition coefficient (Wildman–Crippen LogP) is 2.78. The third-order valence-electron chi connectivity index (χ3n) is 4.56.